The molecular weight excluding hydrogens is 334 g/mol. The SMILES string of the molecule is [C-]#[N+]c1cnn2cc(C(=O)OCC)cc2c1-c1cnn(C(C)OCC)c1. The molecule has 0 N–H and O–H groups in total. The minimum Gasteiger partial charge on any atom is -0.462 e. The van der Waals surface area contributed by atoms with Crippen LogP contribution in [-0.4, -0.2) is 38.6 Å². The van der Waals surface area contributed by atoms with Crippen LogP contribution in [0.25, 0.3) is 21.5 Å². The highest BCUT2D eigenvalue weighted by atomic mass is 16.5. The van der Waals surface area contributed by atoms with E-state index in [1.807, 2.05) is 20.0 Å². The largest absolute Gasteiger partial charge is 0.462 e. The summed E-state index contributed by atoms with van der Waals surface area (Å²) in [6, 6.07) is 1.68. The first-order chi connectivity index (χ1) is 12.6. The number of ether oxygens (including phenoxy) is 2. The zero-order chi connectivity index (χ0) is 18.7. The van der Waals surface area contributed by atoms with Crippen LogP contribution >= 0.6 is 0 Å². The van der Waals surface area contributed by atoms with Gasteiger partial charge in [0.2, 0.25) is 5.69 Å². The van der Waals surface area contributed by atoms with Crippen molar-refractivity contribution < 1.29 is 14.3 Å². The second kappa shape index (κ2) is 7.37. The summed E-state index contributed by atoms with van der Waals surface area (Å²) in [6.45, 7) is 13.9. The van der Waals surface area contributed by atoms with Gasteiger partial charge in [-0.25, -0.2) is 18.8 Å². The lowest BCUT2D eigenvalue weighted by Crippen LogP contribution is -2.09. The fraction of sp³-hybridized carbons (Fsp3) is 0.333. The Morgan fingerprint density at radius 3 is 2.77 bits per heavy atom. The third-order valence-electron chi connectivity index (χ3n) is 3.92. The molecule has 0 aromatic carbocycles. The fourth-order valence-electron chi connectivity index (χ4n) is 2.74. The minimum atomic E-state index is -0.422. The van der Waals surface area contributed by atoms with Crippen LogP contribution in [0, 0.1) is 6.57 Å². The molecule has 0 amide bonds. The Morgan fingerprint density at radius 1 is 1.27 bits per heavy atom. The lowest BCUT2D eigenvalue weighted by molar-refractivity contribution is 0.0160. The van der Waals surface area contributed by atoms with Crippen molar-refractivity contribution in [1.82, 2.24) is 19.4 Å². The van der Waals surface area contributed by atoms with Gasteiger partial charge < -0.3 is 9.47 Å². The van der Waals surface area contributed by atoms with Crippen molar-refractivity contribution in [3.8, 4) is 11.1 Å². The second-order valence-electron chi connectivity index (χ2n) is 5.56. The average Bonchev–Trinajstić information content (AvgIpc) is 3.28. The zero-order valence-electron chi connectivity index (χ0n) is 14.8. The van der Waals surface area contributed by atoms with E-state index >= 15 is 0 Å². The van der Waals surface area contributed by atoms with Crippen LogP contribution in [0.3, 0.4) is 0 Å². The Bertz CT molecular complexity index is 983. The molecule has 0 saturated carbocycles. The number of fused-ring (bicyclic) bond motifs is 1. The summed E-state index contributed by atoms with van der Waals surface area (Å²) in [5, 5.41) is 8.55. The van der Waals surface area contributed by atoms with Gasteiger partial charge in [-0.05, 0) is 26.8 Å². The fourth-order valence-corrected chi connectivity index (χ4v) is 2.74. The van der Waals surface area contributed by atoms with E-state index in [2.05, 4.69) is 15.0 Å². The normalized spacial score (nSPS) is 12.1. The van der Waals surface area contributed by atoms with Crippen LogP contribution in [0.2, 0.25) is 0 Å². The Balaban J connectivity index is 2.12. The van der Waals surface area contributed by atoms with Crippen LogP contribution in [0.15, 0.2) is 30.9 Å². The summed E-state index contributed by atoms with van der Waals surface area (Å²) in [4.78, 5) is 15.6. The summed E-state index contributed by atoms with van der Waals surface area (Å²) < 4.78 is 13.9. The van der Waals surface area contributed by atoms with Crippen LogP contribution in [0.4, 0.5) is 5.69 Å². The average molecular weight is 353 g/mol. The summed E-state index contributed by atoms with van der Waals surface area (Å²) in [5.74, 6) is -0.422. The molecular formula is C18H19N5O3. The van der Waals surface area contributed by atoms with Crippen molar-refractivity contribution in [1.29, 1.82) is 0 Å². The monoisotopic (exact) mass is 353 g/mol. The summed E-state index contributed by atoms with van der Waals surface area (Å²) >= 11 is 0. The van der Waals surface area contributed by atoms with Gasteiger partial charge in [-0.2, -0.15) is 10.2 Å². The number of hydrogen-bond acceptors (Lipinski definition) is 5. The van der Waals surface area contributed by atoms with E-state index < -0.39 is 5.97 Å². The molecule has 0 aliphatic carbocycles. The van der Waals surface area contributed by atoms with Gasteiger partial charge in [-0.15, -0.1) is 0 Å². The number of hydrogen-bond donors (Lipinski definition) is 0. The van der Waals surface area contributed by atoms with Gasteiger partial charge in [0, 0.05) is 30.1 Å². The molecule has 0 saturated heterocycles. The quantitative estimate of drug-likeness (QED) is 0.501. The van der Waals surface area contributed by atoms with Crippen molar-refractivity contribution in [2.24, 2.45) is 0 Å². The molecule has 134 valence electrons. The standard InChI is InChI=1S/C18H19N5O3/c1-5-25-12(3)22-11-14(8-20-22)17-15(19-4)9-21-23-10-13(7-16(17)23)18(24)26-6-2/h7-12H,5-6H2,1-3H3. The third kappa shape index (κ3) is 3.17. The summed E-state index contributed by atoms with van der Waals surface area (Å²) in [7, 11) is 0. The molecule has 1 unspecified atom stereocenters. The first-order valence-electron chi connectivity index (χ1n) is 8.31. The van der Waals surface area contributed by atoms with Gasteiger partial charge in [-0.1, -0.05) is 0 Å². The van der Waals surface area contributed by atoms with E-state index in [9.17, 15) is 4.79 Å². The molecule has 0 aliphatic rings. The van der Waals surface area contributed by atoms with Crippen molar-refractivity contribution >= 4 is 17.2 Å². The Morgan fingerprint density at radius 2 is 2.08 bits per heavy atom. The first-order valence-corrected chi connectivity index (χ1v) is 8.31. The molecule has 3 aromatic heterocycles. The van der Waals surface area contributed by atoms with Gasteiger partial charge in [0.15, 0.2) is 0 Å². The van der Waals surface area contributed by atoms with Crippen molar-refractivity contribution in [3.63, 3.8) is 0 Å². The molecule has 0 fully saturated rings. The van der Waals surface area contributed by atoms with E-state index in [0.717, 1.165) is 5.56 Å². The molecule has 3 aromatic rings. The zero-order valence-corrected chi connectivity index (χ0v) is 14.8. The number of rotatable bonds is 6. The highest BCUT2D eigenvalue weighted by Gasteiger charge is 2.18. The summed E-state index contributed by atoms with van der Waals surface area (Å²) in [6.07, 6.45) is 6.36. The highest BCUT2D eigenvalue weighted by Crippen LogP contribution is 2.34. The van der Waals surface area contributed by atoms with E-state index in [4.69, 9.17) is 16.0 Å². The number of carbonyl (C=O) groups excluding carboxylic acids is 1. The number of carbonyl (C=O) groups is 1. The Kier molecular flexibility index (Phi) is 5.00. The highest BCUT2D eigenvalue weighted by molar-refractivity contribution is 5.96. The second-order valence-corrected chi connectivity index (χ2v) is 5.56. The maximum Gasteiger partial charge on any atom is 0.339 e. The molecule has 8 nitrogen and oxygen atoms in total. The first kappa shape index (κ1) is 17.6. The molecule has 0 spiro atoms. The topological polar surface area (TPSA) is 75.0 Å². The third-order valence-corrected chi connectivity index (χ3v) is 3.92. The van der Waals surface area contributed by atoms with Gasteiger partial charge in [-0.3, -0.25) is 0 Å². The van der Waals surface area contributed by atoms with Crippen molar-refractivity contribution in [2.75, 3.05) is 13.2 Å². The lowest BCUT2D eigenvalue weighted by Gasteiger charge is -2.11. The maximum absolute atomic E-state index is 12.0. The van der Waals surface area contributed by atoms with Crippen LogP contribution in [0.5, 0.6) is 0 Å². The smallest absolute Gasteiger partial charge is 0.339 e. The van der Waals surface area contributed by atoms with Gasteiger partial charge >= 0.3 is 5.97 Å². The van der Waals surface area contributed by atoms with E-state index in [-0.39, 0.29) is 6.23 Å². The van der Waals surface area contributed by atoms with Gasteiger partial charge in [0.1, 0.15) is 6.23 Å². The van der Waals surface area contributed by atoms with E-state index in [1.165, 1.54) is 6.20 Å². The molecule has 8 heteroatoms. The predicted molar refractivity (Wildman–Crippen MR) is 95.0 cm³/mol. The number of aromatic nitrogens is 4. The molecule has 1 atom stereocenters. The van der Waals surface area contributed by atoms with Crippen LogP contribution in [-0.2, 0) is 9.47 Å². The lowest BCUT2D eigenvalue weighted by atomic mass is 10.1. The van der Waals surface area contributed by atoms with E-state index in [1.54, 1.807) is 34.6 Å². The molecule has 3 heterocycles. The molecule has 3 rings (SSSR count). The number of esters is 1. The van der Waals surface area contributed by atoms with E-state index in [0.29, 0.717) is 35.5 Å². The maximum atomic E-state index is 12.0. The molecule has 0 aliphatic heterocycles. The van der Waals surface area contributed by atoms with Gasteiger partial charge in [0.05, 0.1) is 36.7 Å². The van der Waals surface area contributed by atoms with Crippen molar-refractivity contribution in [3.05, 3.63) is 47.8 Å². The van der Waals surface area contributed by atoms with Gasteiger partial charge in [0.25, 0.3) is 0 Å². The summed E-state index contributed by atoms with van der Waals surface area (Å²) in [5.41, 5.74) is 2.83. The number of nitrogens with zero attached hydrogens (tertiary/aromatic N) is 5. The van der Waals surface area contributed by atoms with Crippen LogP contribution < -0.4 is 0 Å². The Hall–Kier alpha value is -3.18. The van der Waals surface area contributed by atoms with Crippen LogP contribution in [0.1, 0.15) is 37.4 Å². The molecule has 26 heavy (non-hydrogen) atoms. The van der Waals surface area contributed by atoms with Crippen molar-refractivity contribution in [2.45, 2.75) is 27.0 Å². The Labute approximate surface area is 150 Å². The molecule has 0 bridgehead atoms. The predicted octanol–water partition coefficient (Wildman–Crippen LogP) is 3.48. The minimum absolute atomic E-state index is 0.218. The molecule has 0 radical (unpaired) electrons.